The van der Waals surface area contributed by atoms with Crippen LogP contribution in [0.2, 0.25) is 0 Å². The van der Waals surface area contributed by atoms with Gasteiger partial charge in [-0.1, -0.05) is 0 Å². The number of rotatable bonds is 1. The Kier molecular flexibility index (Phi) is 2.26. The molecule has 1 rings (SSSR count). The zero-order valence-corrected chi connectivity index (χ0v) is 6.59. The van der Waals surface area contributed by atoms with Crippen molar-refractivity contribution in [1.29, 1.82) is 0 Å². The topological polar surface area (TPSA) is 46.9 Å². The molecule has 7 heteroatoms. The van der Waals surface area contributed by atoms with Gasteiger partial charge >= 0.3 is 12.1 Å². The second-order valence-corrected chi connectivity index (χ2v) is 2.33. The van der Waals surface area contributed by atoms with Crippen LogP contribution >= 0.6 is 0 Å². The maximum atomic E-state index is 11.7. The maximum Gasteiger partial charge on any atom is 0.471 e. The number of carbonyl (C=O) groups excluding carboxylic acids is 1. The van der Waals surface area contributed by atoms with Gasteiger partial charge in [-0.05, 0) is 0 Å². The minimum absolute atomic E-state index is 0.121. The molecular weight excluding hydrogens is 187 g/mol. The highest BCUT2D eigenvalue weighted by atomic mass is 19.4. The third-order valence-corrected chi connectivity index (χ3v) is 1.21. The normalized spacial score (nSPS) is 11.4. The van der Waals surface area contributed by atoms with Crippen molar-refractivity contribution >= 4 is 11.7 Å². The predicted molar refractivity (Wildman–Crippen MR) is 37.9 cm³/mol. The van der Waals surface area contributed by atoms with Crippen LogP contribution in [0.1, 0.15) is 0 Å². The summed E-state index contributed by atoms with van der Waals surface area (Å²) in [5.74, 6) is -2.14. The fourth-order valence-electron chi connectivity index (χ4n) is 0.669. The molecule has 0 atom stereocenters. The molecule has 1 N–H and O–H groups in total. The van der Waals surface area contributed by atoms with Crippen molar-refractivity contribution in [3.05, 3.63) is 12.3 Å². The highest BCUT2D eigenvalue weighted by Crippen LogP contribution is 2.16. The molecule has 1 aromatic rings. The summed E-state index contributed by atoms with van der Waals surface area (Å²) in [5, 5.41) is 5.16. The number of alkyl halides is 3. The molecule has 0 saturated heterocycles. The molecule has 1 heterocycles. The van der Waals surface area contributed by atoms with Gasteiger partial charge in [0.25, 0.3) is 0 Å². The average molecular weight is 193 g/mol. The number of aryl methyl sites for hydroxylation is 1. The van der Waals surface area contributed by atoms with E-state index in [1.807, 2.05) is 0 Å². The van der Waals surface area contributed by atoms with Crippen molar-refractivity contribution in [1.82, 2.24) is 9.78 Å². The molecule has 4 nitrogen and oxygen atoms in total. The molecule has 0 aliphatic carbocycles. The maximum absolute atomic E-state index is 11.7. The van der Waals surface area contributed by atoms with Crippen LogP contribution in [0, 0.1) is 0 Å². The molecule has 1 aromatic heterocycles. The Morgan fingerprint density at radius 1 is 1.62 bits per heavy atom. The summed E-state index contributed by atoms with van der Waals surface area (Å²) in [6, 6.07) is 1.27. The SMILES string of the molecule is Cn1ccc(NC(=O)C(F)(F)F)n1. The number of nitrogens with one attached hydrogen (secondary N) is 1. The van der Waals surface area contributed by atoms with Crippen LogP contribution in [0.25, 0.3) is 0 Å². The minimum Gasteiger partial charge on any atom is -0.301 e. The fourth-order valence-corrected chi connectivity index (χ4v) is 0.669. The molecule has 0 unspecified atom stereocenters. The molecular formula is C6H6F3N3O. The van der Waals surface area contributed by atoms with Crippen LogP contribution in [0.15, 0.2) is 12.3 Å². The van der Waals surface area contributed by atoms with Crippen LogP contribution in [0.3, 0.4) is 0 Å². The monoisotopic (exact) mass is 193 g/mol. The molecule has 0 radical (unpaired) electrons. The van der Waals surface area contributed by atoms with Gasteiger partial charge in [0.2, 0.25) is 0 Å². The summed E-state index contributed by atoms with van der Waals surface area (Å²) in [6.07, 6.45) is -3.45. The third kappa shape index (κ3) is 2.46. The van der Waals surface area contributed by atoms with Gasteiger partial charge in [0.15, 0.2) is 5.82 Å². The van der Waals surface area contributed by atoms with E-state index in [1.54, 1.807) is 5.32 Å². The third-order valence-electron chi connectivity index (χ3n) is 1.21. The van der Waals surface area contributed by atoms with Gasteiger partial charge in [0, 0.05) is 19.3 Å². The van der Waals surface area contributed by atoms with Crippen LogP contribution < -0.4 is 5.32 Å². The van der Waals surface area contributed by atoms with E-state index < -0.39 is 12.1 Å². The number of halogens is 3. The number of carbonyl (C=O) groups is 1. The first-order valence-electron chi connectivity index (χ1n) is 3.27. The molecule has 1 amide bonds. The first kappa shape index (κ1) is 9.56. The van der Waals surface area contributed by atoms with Gasteiger partial charge in [0.1, 0.15) is 0 Å². The van der Waals surface area contributed by atoms with E-state index >= 15 is 0 Å². The summed E-state index contributed by atoms with van der Waals surface area (Å²) in [7, 11) is 1.53. The highest BCUT2D eigenvalue weighted by Gasteiger charge is 2.38. The first-order valence-corrected chi connectivity index (χ1v) is 3.27. The standard InChI is InChI=1S/C6H6F3N3O/c1-12-3-2-4(11-12)10-5(13)6(7,8)9/h2-3H,1H3,(H,10,11,13). The molecule has 13 heavy (non-hydrogen) atoms. The van der Waals surface area contributed by atoms with Gasteiger partial charge < -0.3 is 5.32 Å². The summed E-state index contributed by atoms with van der Waals surface area (Å²) in [4.78, 5) is 10.4. The predicted octanol–water partition coefficient (Wildman–Crippen LogP) is 0.921. The second kappa shape index (κ2) is 3.08. The van der Waals surface area contributed by atoms with Gasteiger partial charge in [-0.3, -0.25) is 9.48 Å². The zero-order valence-electron chi connectivity index (χ0n) is 6.59. The molecule has 0 bridgehead atoms. The summed E-state index contributed by atoms with van der Waals surface area (Å²) in [5.41, 5.74) is 0. The highest BCUT2D eigenvalue weighted by molar-refractivity contribution is 5.93. The van der Waals surface area contributed by atoms with E-state index in [4.69, 9.17) is 0 Å². The summed E-state index contributed by atoms with van der Waals surface area (Å²) >= 11 is 0. The molecule has 0 aliphatic heterocycles. The van der Waals surface area contributed by atoms with Crippen molar-refractivity contribution in [2.45, 2.75) is 6.18 Å². The number of anilines is 1. The quantitative estimate of drug-likeness (QED) is 0.720. The second-order valence-electron chi connectivity index (χ2n) is 2.33. The average Bonchev–Trinajstić information content (AvgIpc) is 2.33. The molecule has 0 aromatic carbocycles. The largest absolute Gasteiger partial charge is 0.471 e. The molecule has 0 fully saturated rings. The van der Waals surface area contributed by atoms with Gasteiger partial charge in [0.05, 0.1) is 0 Å². The molecule has 0 aliphatic rings. The summed E-state index contributed by atoms with van der Waals surface area (Å²) in [6.45, 7) is 0. The Balaban J connectivity index is 2.65. The van der Waals surface area contributed by atoms with Crippen molar-refractivity contribution in [2.75, 3.05) is 5.32 Å². The Morgan fingerprint density at radius 3 is 2.62 bits per heavy atom. The lowest BCUT2D eigenvalue weighted by Gasteiger charge is -2.04. The number of amides is 1. The summed E-state index contributed by atoms with van der Waals surface area (Å²) < 4.78 is 36.4. The van der Waals surface area contributed by atoms with E-state index in [2.05, 4.69) is 5.10 Å². The van der Waals surface area contributed by atoms with E-state index in [0.29, 0.717) is 0 Å². The number of aromatic nitrogens is 2. The Morgan fingerprint density at radius 2 is 2.23 bits per heavy atom. The van der Waals surface area contributed by atoms with E-state index in [9.17, 15) is 18.0 Å². The molecule has 0 saturated carbocycles. The van der Waals surface area contributed by atoms with Gasteiger partial charge in [-0.25, -0.2) is 0 Å². The lowest BCUT2D eigenvalue weighted by Crippen LogP contribution is -2.30. The smallest absolute Gasteiger partial charge is 0.301 e. The van der Waals surface area contributed by atoms with E-state index in [1.165, 1.54) is 24.0 Å². The minimum atomic E-state index is -4.88. The van der Waals surface area contributed by atoms with E-state index in [-0.39, 0.29) is 5.82 Å². The van der Waals surface area contributed by atoms with Crippen LogP contribution in [0.4, 0.5) is 19.0 Å². The number of hydrogen-bond donors (Lipinski definition) is 1. The lowest BCUT2D eigenvalue weighted by molar-refractivity contribution is -0.167. The van der Waals surface area contributed by atoms with E-state index in [0.717, 1.165) is 0 Å². The Labute approximate surface area is 71.3 Å². The van der Waals surface area contributed by atoms with Crippen molar-refractivity contribution in [2.24, 2.45) is 7.05 Å². The van der Waals surface area contributed by atoms with Crippen molar-refractivity contribution in [3.8, 4) is 0 Å². The van der Waals surface area contributed by atoms with Gasteiger partial charge in [-0.2, -0.15) is 18.3 Å². The molecule has 0 spiro atoms. The number of hydrogen-bond acceptors (Lipinski definition) is 2. The fraction of sp³-hybridized carbons (Fsp3) is 0.333. The zero-order chi connectivity index (χ0) is 10.1. The molecule has 72 valence electrons. The van der Waals surface area contributed by atoms with Gasteiger partial charge in [-0.15, -0.1) is 0 Å². The van der Waals surface area contributed by atoms with Crippen LogP contribution in [0.5, 0.6) is 0 Å². The van der Waals surface area contributed by atoms with Crippen LogP contribution in [-0.4, -0.2) is 21.9 Å². The van der Waals surface area contributed by atoms with Crippen LogP contribution in [-0.2, 0) is 11.8 Å². The Hall–Kier alpha value is -1.53. The van der Waals surface area contributed by atoms with Crippen molar-refractivity contribution < 1.29 is 18.0 Å². The Bertz CT molecular complexity index is 317. The number of nitrogens with zero attached hydrogens (tertiary/aromatic N) is 2. The lowest BCUT2D eigenvalue weighted by atomic mass is 10.5. The van der Waals surface area contributed by atoms with Crippen molar-refractivity contribution in [3.63, 3.8) is 0 Å². The first-order chi connectivity index (χ1) is 5.89.